The third kappa shape index (κ3) is 3.74. The molecule has 0 spiro atoms. The summed E-state index contributed by atoms with van der Waals surface area (Å²) < 4.78 is 0. The number of thiocarbonyl (C=S) groups is 1. The van der Waals surface area contributed by atoms with Crippen molar-refractivity contribution < 1.29 is 0 Å². The Hall–Kier alpha value is -0.390. The molecule has 0 N–H and O–H groups in total. The van der Waals surface area contributed by atoms with Crippen molar-refractivity contribution in [1.82, 2.24) is 19.6 Å². The van der Waals surface area contributed by atoms with Gasteiger partial charge in [0.25, 0.3) is 0 Å². The van der Waals surface area contributed by atoms with Crippen molar-refractivity contribution in [1.29, 1.82) is 0 Å². The van der Waals surface area contributed by atoms with Gasteiger partial charge in [0.1, 0.15) is 0 Å². The smallest absolute Gasteiger partial charge is 0.173 e. The van der Waals surface area contributed by atoms with Gasteiger partial charge in [0.15, 0.2) is 5.11 Å². The topological polar surface area (TPSA) is 13.0 Å². The lowest BCUT2D eigenvalue weighted by Gasteiger charge is -2.38. The Balaban J connectivity index is 1.51. The van der Waals surface area contributed by atoms with Crippen LogP contribution >= 0.6 is 12.2 Å². The summed E-state index contributed by atoms with van der Waals surface area (Å²) in [7, 11) is 0. The molecule has 2 unspecified atom stereocenters. The van der Waals surface area contributed by atoms with Crippen molar-refractivity contribution in [3.63, 3.8) is 0 Å². The highest BCUT2D eigenvalue weighted by atomic mass is 32.1. The molecule has 0 amide bonds. The lowest BCUT2D eigenvalue weighted by atomic mass is 10.0. The summed E-state index contributed by atoms with van der Waals surface area (Å²) in [5.41, 5.74) is 0. The van der Waals surface area contributed by atoms with E-state index in [0.717, 1.165) is 31.5 Å². The maximum absolute atomic E-state index is 5.77. The Labute approximate surface area is 141 Å². The first-order chi connectivity index (χ1) is 10.6. The van der Waals surface area contributed by atoms with Crippen LogP contribution in [-0.2, 0) is 0 Å². The quantitative estimate of drug-likeness (QED) is 0.735. The van der Waals surface area contributed by atoms with Crippen molar-refractivity contribution in [2.45, 2.75) is 64.5 Å². The first-order valence-electron chi connectivity index (χ1n) is 9.17. The molecule has 3 fully saturated rings. The SMILES string of the molecule is CC1CCCCN1CN1CCN(CN2CCCCC2C)C1=S. The summed E-state index contributed by atoms with van der Waals surface area (Å²) in [5.74, 6) is 0. The number of piperidine rings is 2. The van der Waals surface area contributed by atoms with Gasteiger partial charge in [-0.1, -0.05) is 12.8 Å². The lowest BCUT2D eigenvalue weighted by molar-refractivity contribution is 0.110. The Morgan fingerprint density at radius 2 is 1.23 bits per heavy atom. The van der Waals surface area contributed by atoms with Crippen molar-refractivity contribution in [2.24, 2.45) is 0 Å². The molecule has 5 heteroatoms. The summed E-state index contributed by atoms with van der Waals surface area (Å²) in [6, 6.07) is 1.43. The fraction of sp³-hybridized carbons (Fsp3) is 0.941. The maximum Gasteiger partial charge on any atom is 0.173 e. The molecule has 3 heterocycles. The van der Waals surface area contributed by atoms with Gasteiger partial charge in [-0.2, -0.15) is 0 Å². The summed E-state index contributed by atoms with van der Waals surface area (Å²) in [5, 5.41) is 1.08. The lowest BCUT2D eigenvalue weighted by Crippen LogP contribution is -2.49. The number of likely N-dealkylation sites (tertiary alicyclic amines) is 2. The standard InChI is InChI=1S/C17H32N4S/c1-15-7-3-5-9-18(15)13-20-11-12-21(17(20)22)14-19-10-6-4-8-16(19)2/h15-16H,3-14H2,1-2H3. The van der Waals surface area contributed by atoms with E-state index in [2.05, 4.69) is 33.4 Å². The molecule has 3 saturated heterocycles. The highest BCUT2D eigenvalue weighted by molar-refractivity contribution is 7.80. The van der Waals surface area contributed by atoms with Crippen LogP contribution in [0.2, 0.25) is 0 Å². The van der Waals surface area contributed by atoms with Gasteiger partial charge in [-0.3, -0.25) is 9.80 Å². The largest absolute Gasteiger partial charge is 0.334 e. The average molecular weight is 325 g/mol. The highest BCUT2D eigenvalue weighted by Crippen LogP contribution is 2.21. The first kappa shape index (κ1) is 16.5. The van der Waals surface area contributed by atoms with E-state index in [1.807, 2.05) is 0 Å². The number of hydrogen-bond donors (Lipinski definition) is 0. The Kier molecular flexibility index (Phi) is 5.58. The highest BCUT2D eigenvalue weighted by Gasteiger charge is 2.30. The Morgan fingerprint density at radius 3 is 1.64 bits per heavy atom. The van der Waals surface area contributed by atoms with Crippen molar-refractivity contribution >= 4 is 17.3 Å². The molecule has 0 bridgehead atoms. The molecule has 4 nitrogen and oxygen atoms in total. The molecular formula is C17H32N4S. The fourth-order valence-corrected chi connectivity index (χ4v) is 4.37. The second-order valence-corrected chi connectivity index (χ2v) is 7.77. The third-order valence-electron chi connectivity index (χ3n) is 5.77. The number of rotatable bonds is 4. The van der Waals surface area contributed by atoms with Gasteiger partial charge in [-0.15, -0.1) is 0 Å². The van der Waals surface area contributed by atoms with Crippen LogP contribution in [0, 0.1) is 0 Å². The van der Waals surface area contributed by atoms with Gasteiger partial charge < -0.3 is 9.80 Å². The molecule has 22 heavy (non-hydrogen) atoms. The zero-order valence-corrected chi connectivity index (χ0v) is 15.2. The molecular weight excluding hydrogens is 292 g/mol. The third-order valence-corrected chi connectivity index (χ3v) is 6.28. The molecule has 0 aliphatic carbocycles. The summed E-state index contributed by atoms with van der Waals surface area (Å²) in [6.07, 6.45) is 8.16. The molecule has 0 aromatic rings. The van der Waals surface area contributed by atoms with Gasteiger partial charge in [-0.25, -0.2) is 0 Å². The van der Waals surface area contributed by atoms with E-state index in [1.165, 1.54) is 51.6 Å². The van der Waals surface area contributed by atoms with E-state index < -0.39 is 0 Å². The van der Waals surface area contributed by atoms with Crippen molar-refractivity contribution in [3.8, 4) is 0 Å². The zero-order chi connectivity index (χ0) is 15.5. The maximum atomic E-state index is 5.77. The number of hydrogen-bond acceptors (Lipinski definition) is 3. The van der Waals surface area contributed by atoms with E-state index in [9.17, 15) is 0 Å². The van der Waals surface area contributed by atoms with Crippen LogP contribution in [0.5, 0.6) is 0 Å². The fourth-order valence-electron chi connectivity index (χ4n) is 4.07. The van der Waals surface area contributed by atoms with Crippen LogP contribution in [0.15, 0.2) is 0 Å². The minimum absolute atomic E-state index is 0.715. The van der Waals surface area contributed by atoms with E-state index in [-0.39, 0.29) is 0 Å². The van der Waals surface area contributed by atoms with Gasteiger partial charge in [-0.05, 0) is 51.7 Å². The van der Waals surface area contributed by atoms with Crippen LogP contribution < -0.4 is 0 Å². The molecule has 0 saturated carbocycles. The van der Waals surface area contributed by atoms with Crippen LogP contribution in [0.25, 0.3) is 0 Å². The summed E-state index contributed by atoms with van der Waals surface area (Å²) in [4.78, 5) is 10.1. The van der Waals surface area contributed by atoms with E-state index >= 15 is 0 Å². The predicted octanol–water partition coefficient (Wildman–Crippen LogP) is 2.55. The van der Waals surface area contributed by atoms with Crippen LogP contribution in [0.4, 0.5) is 0 Å². The van der Waals surface area contributed by atoms with Gasteiger partial charge in [0.2, 0.25) is 0 Å². The van der Waals surface area contributed by atoms with Crippen LogP contribution in [0.3, 0.4) is 0 Å². The zero-order valence-electron chi connectivity index (χ0n) is 14.3. The predicted molar refractivity (Wildman–Crippen MR) is 95.8 cm³/mol. The van der Waals surface area contributed by atoms with Gasteiger partial charge >= 0.3 is 0 Å². The molecule has 3 rings (SSSR count). The molecule has 0 aromatic carbocycles. The molecule has 2 atom stereocenters. The van der Waals surface area contributed by atoms with E-state index in [1.54, 1.807) is 0 Å². The average Bonchev–Trinajstić information content (AvgIpc) is 2.85. The van der Waals surface area contributed by atoms with E-state index in [0.29, 0.717) is 12.1 Å². The minimum atomic E-state index is 0.715. The van der Waals surface area contributed by atoms with Gasteiger partial charge in [0.05, 0.1) is 13.3 Å². The van der Waals surface area contributed by atoms with Crippen LogP contribution in [0.1, 0.15) is 52.4 Å². The monoisotopic (exact) mass is 324 g/mol. The summed E-state index contributed by atoms with van der Waals surface area (Å²) in [6.45, 7) is 11.5. The molecule has 126 valence electrons. The number of nitrogens with zero attached hydrogens (tertiary/aromatic N) is 4. The van der Waals surface area contributed by atoms with E-state index in [4.69, 9.17) is 12.2 Å². The van der Waals surface area contributed by atoms with Crippen molar-refractivity contribution in [3.05, 3.63) is 0 Å². The van der Waals surface area contributed by atoms with Crippen LogP contribution in [-0.4, -0.2) is 76.3 Å². The second kappa shape index (κ2) is 7.45. The van der Waals surface area contributed by atoms with Gasteiger partial charge in [0, 0.05) is 38.3 Å². The molecule has 3 aliphatic heterocycles. The van der Waals surface area contributed by atoms with Crippen molar-refractivity contribution in [2.75, 3.05) is 39.5 Å². The minimum Gasteiger partial charge on any atom is -0.334 e. The first-order valence-corrected chi connectivity index (χ1v) is 9.58. The normalized spacial score (nSPS) is 32.0. The Bertz CT molecular complexity index is 355. The summed E-state index contributed by atoms with van der Waals surface area (Å²) >= 11 is 5.77. The molecule has 3 aliphatic rings. The molecule has 0 radical (unpaired) electrons. The second-order valence-electron chi connectivity index (χ2n) is 7.41. The molecule has 0 aromatic heterocycles. The Morgan fingerprint density at radius 1 is 0.773 bits per heavy atom.